The molecule has 0 saturated carbocycles. The van der Waals surface area contributed by atoms with Gasteiger partial charge in [0, 0.05) is 0 Å². The Labute approximate surface area is 131 Å². The second kappa shape index (κ2) is 6.25. The van der Waals surface area contributed by atoms with Crippen LogP contribution in [0.5, 0.6) is 0 Å². The van der Waals surface area contributed by atoms with Gasteiger partial charge in [0.15, 0.2) is 5.60 Å². The first-order valence-electron chi connectivity index (χ1n) is 6.57. The molecule has 1 amide bonds. The number of aliphatic hydroxyl groups is 1. The fourth-order valence-electron chi connectivity index (χ4n) is 1.79. The topological polar surface area (TPSA) is 99.5 Å². The van der Waals surface area contributed by atoms with Crippen molar-refractivity contribution in [2.45, 2.75) is 19.4 Å². The largest absolute Gasteiger partial charge is 0.479 e. The molecule has 116 valence electrons. The highest BCUT2D eigenvalue weighted by molar-refractivity contribution is 7.13. The van der Waals surface area contributed by atoms with Crippen molar-refractivity contribution in [3.63, 3.8) is 0 Å². The first-order valence-corrected chi connectivity index (χ1v) is 7.45. The summed E-state index contributed by atoms with van der Waals surface area (Å²) in [7, 11) is 0. The number of thiophene rings is 1. The van der Waals surface area contributed by atoms with Crippen LogP contribution < -0.4 is 5.32 Å². The second-order valence-electron chi connectivity index (χ2n) is 5.07. The van der Waals surface area contributed by atoms with E-state index in [2.05, 4.69) is 10.3 Å². The highest BCUT2D eigenvalue weighted by Crippen LogP contribution is 2.23. The average molecular weight is 320 g/mol. The lowest BCUT2D eigenvalue weighted by molar-refractivity contribution is -0.155. The number of aryl methyl sites for hydroxylation is 1. The van der Waals surface area contributed by atoms with Crippen LogP contribution in [0.4, 0.5) is 0 Å². The minimum Gasteiger partial charge on any atom is -0.479 e. The zero-order valence-electron chi connectivity index (χ0n) is 12.2. The number of hydrogen-bond donors (Lipinski definition) is 3. The van der Waals surface area contributed by atoms with Crippen molar-refractivity contribution < 1.29 is 19.8 Å². The van der Waals surface area contributed by atoms with Gasteiger partial charge in [-0.3, -0.25) is 9.78 Å². The van der Waals surface area contributed by atoms with Crippen LogP contribution in [0, 0.1) is 6.92 Å². The summed E-state index contributed by atoms with van der Waals surface area (Å²) < 4.78 is 0. The molecule has 2 rings (SSSR count). The standard InChI is InChI=1S/C15H16N2O4S/c1-9-10(13(18)16-8-15(2,21)14(19)20)5-6-11(17-9)12-4-3-7-22-12/h3-7,21H,8H2,1-2H3,(H,16,18)(H,19,20). The van der Waals surface area contributed by atoms with Crippen molar-refractivity contribution in [1.29, 1.82) is 0 Å². The van der Waals surface area contributed by atoms with Gasteiger partial charge in [-0.25, -0.2) is 4.79 Å². The third-order valence-corrected chi connectivity index (χ3v) is 4.05. The number of hydrogen-bond acceptors (Lipinski definition) is 5. The number of rotatable bonds is 5. The number of aromatic nitrogens is 1. The van der Waals surface area contributed by atoms with Crippen LogP contribution in [0.15, 0.2) is 29.6 Å². The predicted octanol–water partition coefficient (Wildman–Crippen LogP) is 1.68. The minimum absolute atomic E-state index is 0.349. The predicted molar refractivity (Wildman–Crippen MR) is 82.9 cm³/mol. The molecule has 1 atom stereocenters. The lowest BCUT2D eigenvalue weighted by atomic mass is 10.1. The van der Waals surface area contributed by atoms with E-state index < -0.39 is 17.5 Å². The van der Waals surface area contributed by atoms with Crippen molar-refractivity contribution in [2.24, 2.45) is 0 Å². The highest BCUT2D eigenvalue weighted by Gasteiger charge is 2.30. The molecule has 0 aliphatic carbocycles. The van der Waals surface area contributed by atoms with Gasteiger partial charge in [-0.05, 0) is 37.4 Å². The molecule has 2 heterocycles. The Morgan fingerprint density at radius 3 is 2.64 bits per heavy atom. The van der Waals surface area contributed by atoms with Crippen LogP contribution in [0.25, 0.3) is 10.6 Å². The molecule has 1 unspecified atom stereocenters. The molecule has 0 saturated heterocycles. The van der Waals surface area contributed by atoms with Gasteiger partial charge in [0.1, 0.15) is 0 Å². The Balaban J connectivity index is 2.12. The van der Waals surface area contributed by atoms with Crippen LogP contribution in [0.1, 0.15) is 23.0 Å². The zero-order chi connectivity index (χ0) is 16.3. The van der Waals surface area contributed by atoms with E-state index in [-0.39, 0.29) is 6.54 Å². The Morgan fingerprint density at radius 1 is 1.36 bits per heavy atom. The number of nitrogens with zero attached hydrogens (tertiary/aromatic N) is 1. The Morgan fingerprint density at radius 2 is 2.09 bits per heavy atom. The van der Waals surface area contributed by atoms with E-state index in [0.29, 0.717) is 11.3 Å². The van der Waals surface area contributed by atoms with Crippen molar-refractivity contribution in [3.05, 3.63) is 40.9 Å². The van der Waals surface area contributed by atoms with Gasteiger partial charge < -0.3 is 15.5 Å². The van der Waals surface area contributed by atoms with Crippen molar-refractivity contribution >= 4 is 23.2 Å². The van der Waals surface area contributed by atoms with E-state index in [4.69, 9.17) is 5.11 Å². The fraction of sp³-hybridized carbons (Fsp3) is 0.267. The van der Waals surface area contributed by atoms with Gasteiger partial charge in [0.25, 0.3) is 5.91 Å². The summed E-state index contributed by atoms with van der Waals surface area (Å²) in [6.07, 6.45) is 0. The normalized spacial score (nSPS) is 13.4. The molecular weight excluding hydrogens is 304 g/mol. The molecule has 0 aliphatic rings. The Hall–Kier alpha value is -2.25. The molecule has 2 aromatic rings. The molecule has 7 heteroatoms. The number of nitrogens with one attached hydrogen (secondary N) is 1. The smallest absolute Gasteiger partial charge is 0.337 e. The fourth-order valence-corrected chi connectivity index (χ4v) is 2.48. The zero-order valence-corrected chi connectivity index (χ0v) is 13.0. The van der Waals surface area contributed by atoms with E-state index >= 15 is 0 Å². The van der Waals surface area contributed by atoms with Gasteiger partial charge in [0.2, 0.25) is 0 Å². The third kappa shape index (κ3) is 3.49. The Bertz CT molecular complexity index is 696. The molecule has 0 bridgehead atoms. The van der Waals surface area contributed by atoms with Crippen LogP contribution in [-0.2, 0) is 4.79 Å². The maximum atomic E-state index is 12.1. The lowest BCUT2D eigenvalue weighted by Crippen LogP contribution is -2.46. The van der Waals surface area contributed by atoms with E-state index in [0.717, 1.165) is 17.5 Å². The third-order valence-electron chi connectivity index (χ3n) is 3.16. The molecule has 0 radical (unpaired) electrons. The number of carbonyl (C=O) groups is 2. The molecule has 2 aromatic heterocycles. The van der Waals surface area contributed by atoms with Gasteiger partial charge in [0.05, 0.1) is 28.4 Å². The van der Waals surface area contributed by atoms with Crippen LogP contribution in [-0.4, -0.2) is 39.2 Å². The molecule has 22 heavy (non-hydrogen) atoms. The number of carboxylic acid groups (broad SMARTS) is 1. The SMILES string of the molecule is Cc1nc(-c2cccs2)ccc1C(=O)NCC(C)(O)C(=O)O. The molecule has 0 fully saturated rings. The molecule has 6 nitrogen and oxygen atoms in total. The number of carbonyl (C=O) groups excluding carboxylic acids is 1. The van der Waals surface area contributed by atoms with Gasteiger partial charge in [-0.15, -0.1) is 11.3 Å². The summed E-state index contributed by atoms with van der Waals surface area (Å²) in [6.45, 7) is 2.45. The van der Waals surface area contributed by atoms with Crippen molar-refractivity contribution in [2.75, 3.05) is 6.54 Å². The first-order chi connectivity index (χ1) is 10.3. The molecular formula is C15H16N2O4S. The average Bonchev–Trinajstić information content (AvgIpc) is 2.98. The number of carboxylic acids is 1. The maximum absolute atomic E-state index is 12.1. The van der Waals surface area contributed by atoms with Gasteiger partial charge in [-0.1, -0.05) is 6.07 Å². The van der Waals surface area contributed by atoms with E-state index in [1.54, 1.807) is 30.4 Å². The van der Waals surface area contributed by atoms with E-state index in [1.165, 1.54) is 0 Å². The van der Waals surface area contributed by atoms with Crippen LogP contribution >= 0.6 is 11.3 Å². The van der Waals surface area contributed by atoms with Crippen LogP contribution in [0.2, 0.25) is 0 Å². The summed E-state index contributed by atoms with van der Waals surface area (Å²) >= 11 is 1.55. The maximum Gasteiger partial charge on any atom is 0.337 e. The minimum atomic E-state index is -2.01. The van der Waals surface area contributed by atoms with Gasteiger partial charge in [-0.2, -0.15) is 0 Å². The molecule has 0 spiro atoms. The summed E-state index contributed by atoms with van der Waals surface area (Å²) in [4.78, 5) is 28.3. The second-order valence-corrected chi connectivity index (χ2v) is 6.02. The lowest BCUT2D eigenvalue weighted by Gasteiger charge is -2.18. The summed E-state index contributed by atoms with van der Waals surface area (Å²) in [5.74, 6) is -1.86. The summed E-state index contributed by atoms with van der Waals surface area (Å²) in [6, 6.07) is 7.24. The molecule has 0 aromatic carbocycles. The quantitative estimate of drug-likeness (QED) is 0.778. The van der Waals surface area contributed by atoms with Crippen LogP contribution in [0.3, 0.4) is 0 Å². The van der Waals surface area contributed by atoms with E-state index in [1.807, 2.05) is 17.5 Å². The molecule has 3 N–H and O–H groups in total. The van der Waals surface area contributed by atoms with Crippen molar-refractivity contribution in [1.82, 2.24) is 10.3 Å². The summed E-state index contributed by atoms with van der Waals surface area (Å²) in [5.41, 5.74) is -0.338. The monoisotopic (exact) mass is 320 g/mol. The number of pyridine rings is 1. The number of amides is 1. The van der Waals surface area contributed by atoms with E-state index in [9.17, 15) is 14.7 Å². The highest BCUT2D eigenvalue weighted by atomic mass is 32.1. The van der Waals surface area contributed by atoms with Gasteiger partial charge >= 0.3 is 5.97 Å². The first kappa shape index (κ1) is 16.1. The number of aliphatic carboxylic acids is 1. The van der Waals surface area contributed by atoms with Crippen molar-refractivity contribution in [3.8, 4) is 10.6 Å². The Kier molecular flexibility index (Phi) is 4.58. The summed E-state index contributed by atoms with van der Waals surface area (Å²) in [5, 5.41) is 22.8. The molecule has 0 aliphatic heterocycles.